The Hall–Kier alpha value is -0.860. The van der Waals surface area contributed by atoms with Crippen LogP contribution in [0.4, 0.5) is 0 Å². The van der Waals surface area contributed by atoms with Crippen molar-refractivity contribution in [1.29, 1.82) is 0 Å². The lowest BCUT2D eigenvalue weighted by molar-refractivity contribution is 0.138. The molecular weight excluding hydrogens is 316 g/mol. The quantitative estimate of drug-likeness (QED) is 0.727. The minimum atomic E-state index is -3.73. The summed E-state index contributed by atoms with van der Waals surface area (Å²) in [6, 6.07) is 2.96. The molecule has 1 rings (SSSR count). The maximum atomic E-state index is 12.6. The second-order valence-electron chi connectivity index (χ2n) is 4.32. The predicted octanol–water partition coefficient (Wildman–Crippen LogP) is 1.46. The third-order valence-corrected chi connectivity index (χ3v) is 5.04. The lowest BCUT2D eigenvalue weighted by Crippen LogP contribution is -2.30. The van der Waals surface area contributed by atoms with Crippen LogP contribution in [0.1, 0.15) is 12.5 Å². The van der Waals surface area contributed by atoms with E-state index in [1.165, 1.54) is 24.5 Å². The fourth-order valence-electron chi connectivity index (χ4n) is 1.82. The van der Waals surface area contributed by atoms with Gasteiger partial charge in [0.15, 0.2) is 0 Å². The number of likely N-dealkylation sites (N-methyl/N-ethyl adjacent to an activating group) is 1. The summed E-state index contributed by atoms with van der Waals surface area (Å²) in [4.78, 5) is 0.0111. The minimum Gasteiger partial charge on any atom is -0.495 e. The molecule has 120 valence electrons. The zero-order valence-electron chi connectivity index (χ0n) is 12.4. The van der Waals surface area contributed by atoms with E-state index in [0.717, 1.165) is 0 Å². The van der Waals surface area contributed by atoms with Crippen molar-refractivity contribution in [2.45, 2.75) is 18.4 Å². The van der Waals surface area contributed by atoms with Gasteiger partial charge in [-0.3, -0.25) is 0 Å². The second-order valence-corrected chi connectivity index (χ2v) is 6.77. The number of sulfonamides is 1. The molecule has 0 aromatic heterocycles. The molecule has 1 aromatic rings. The van der Waals surface area contributed by atoms with E-state index in [9.17, 15) is 8.42 Å². The van der Waals surface area contributed by atoms with Gasteiger partial charge in [0.1, 0.15) is 10.6 Å². The number of halogens is 1. The molecule has 0 atom stereocenters. The molecule has 0 spiro atoms. The highest BCUT2D eigenvalue weighted by molar-refractivity contribution is 7.89. The summed E-state index contributed by atoms with van der Waals surface area (Å²) < 4.78 is 36.8. The molecule has 6 nitrogen and oxygen atoms in total. The number of benzene rings is 1. The van der Waals surface area contributed by atoms with Crippen LogP contribution in [0.25, 0.3) is 0 Å². The molecule has 0 bridgehead atoms. The summed E-state index contributed by atoms with van der Waals surface area (Å²) in [5.74, 6) is 0.227. The van der Waals surface area contributed by atoms with E-state index < -0.39 is 10.0 Å². The molecule has 0 aliphatic heterocycles. The smallest absolute Gasteiger partial charge is 0.246 e. The van der Waals surface area contributed by atoms with Crippen molar-refractivity contribution in [2.75, 3.05) is 33.9 Å². The van der Waals surface area contributed by atoms with Crippen LogP contribution in [-0.2, 0) is 21.3 Å². The number of nitrogens with two attached hydrogens (primary N) is 1. The van der Waals surface area contributed by atoms with E-state index in [1.54, 1.807) is 6.07 Å². The molecular formula is C13H21ClN2O4S. The van der Waals surface area contributed by atoms with Crippen LogP contribution in [0.3, 0.4) is 0 Å². The molecule has 0 saturated carbocycles. The van der Waals surface area contributed by atoms with Gasteiger partial charge in [-0.2, -0.15) is 4.31 Å². The Morgan fingerprint density at radius 3 is 2.57 bits per heavy atom. The fraction of sp³-hybridized carbons (Fsp3) is 0.538. The number of nitrogens with zero attached hydrogens (tertiary/aromatic N) is 1. The Morgan fingerprint density at radius 2 is 2.05 bits per heavy atom. The average Bonchev–Trinajstić information content (AvgIpc) is 2.46. The maximum Gasteiger partial charge on any atom is 0.246 e. The van der Waals surface area contributed by atoms with E-state index in [1.807, 2.05) is 6.92 Å². The highest BCUT2D eigenvalue weighted by Gasteiger charge is 2.26. The van der Waals surface area contributed by atoms with E-state index >= 15 is 0 Å². The van der Waals surface area contributed by atoms with Crippen molar-refractivity contribution in [3.63, 3.8) is 0 Å². The third-order valence-electron chi connectivity index (χ3n) is 2.96. The van der Waals surface area contributed by atoms with Crippen molar-refractivity contribution < 1.29 is 17.9 Å². The molecule has 0 heterocycles. The third kappa shape index (κ3) is 4.31. The van der Waals surface area contributed by atoms with Gasteiger partial charge in [-0.25, -0.2) is 8.42 Å². The van der Waals surface area contributed by atoms with Gasteiger partial charge in [0, 0.05) is 37.3 Å². The van der Waals surface area contributed by atoms with Crippen molar-refractivity contribution in [3.8, 4) is 5.75 Å². The summed E-state index contributed by atoms with van der Waals surface area (Å²) in [5.41, 5.74) is 6.16. The maximum absolute atomic E-state index is 12.6. The monoisotopic (exact) mass is 336 g/mol. The average molecular weight is 337 g/mol. The first-order valence-electron chi connectivity index (χ1n) is 6.49. The molecule has 8 heteroatoms. The molecule has 0 unspecified atom stereocenters. The lowest BCUT2D eigenvalue weighted by Gasteiger charge is -2.20. The van der Waals surface area contributed by atoms with Crippen LogP contribution in [0.2, 0.25) is 5.02 Å². The Morgan fingerprint density at radius 1 is 1.38 bits per heavy atom. The fourth-order valence-corrected chi connectivity index (χ4v) is 3.50. The van der Waals surface area contributed by atoms with Crippen molar-refractivity contribution >= 4 is 21.6 Å². The summed E-state index contributed by atoms with van der Waals surface area (Å²) in [6.45, 7) is 3.07. The second kappa shape index (κ2) is 7.95. The number of rotatable bonds is 8. The SMILES string of the molecule is CCOCCN(C)S(=O)(=O)c1cc(Cl)cc(CN)c1OC. The molecule has 0 aliphatic carbocycles. The largest absolute Gasteiger partial charge is 0.495 e. The molecule has 21 heavy (non-hydrogen) atoms. The molecule has 0 saturated heterocycles. The Labute approximate surface area is 130 Å². The first-order valence-corrected chi connectivity index (χ1v) is 8.30. The number of ether oxygens (including phenoxy) is 2. The highest BCUT2D eigenvalue weighted by atomic mass is 35.5. The summed E-state index contributed by atoms with van der Waals surface area (Å²) in [6.07, 6.45) is 0. The summed E-state index contributed by atoms with van der Waals surface area (Å²) in [7, 11) is -0.842. The van der Waals surface area contributed by atoms with Gasteiger partial charge in [-0.05, 0) is 19.1 Å². The molecule has 0 radical (unpaired) electrons. The van der Waals surface area contributed by atoms with Gasteiger partial charge in [0.2, 0.25) is 10.0 Å². The zero-order valence-corrected chi connectivity index (χ0v) is 14.0. The van der Waals surface area contributed by atoms with Crippen LogP contribution < -0.4 is 10.5 Å². The van der Waals surface area contributed by atoms with Gasteiger partial charge in [-0.1, -0.05) is 11.6 Å². The topological polar surface area (TPSA) is 81.9 Å². The van der Waals surface area contributed by atoms with Crippen molar-refractivity contribution in [2.24, 2.45) is 5.73 Å². The summed E-state index contributed by atoms with van der Waals surface area (Å²) >= 11 is 5.98. The Kier molecular flexibility index (Phi) is 6.89. The van der Waals surface area contributed by atoms with E-state index in [0.29, 0.717) is 23.8 Å². The van der Waals surface area contributed by atoms with Crippen LogP contribution in [-0.4, -0.2) is 46.6 Å². The van der Waals surface area contributed by atoms with E-state index in [4.69, 9.17) is 26.8 Å². The van der Waals surface area contributed by atoms with Crippen LogP contribution >= 0.6 is 11.6 Å². The molecule has 2 N–H and O–H groups in total. The molecule has 0 amide bonds. The minimum absolute atomic E-state index is 0.0111. The van der Waals surface area contributed by atoms with Crippen LogP contribution in [0.15, 0.2) is 17.0 Å². The van der Waals surface area contributed by atoms with Gasteiger partial charge < -0.3 is 15.2 Å². The molecule has 0 fully saturated rings. The highest BCUT2D eigenvalue weighted by Crippen LogP contribution is 2.33. The van der Waals surface area contributed by atoms with E-state index in [2.05, 4.69) is 0 Å². The first kappa shape index (κ1) is 18.2. The van der Waals surface area contributed by atoms with Crippen LogP contribution in [0, 0.1) is 0 Å². The van der Waals surface area contributed by atoms with Gasteiger partial charge >= 0.3 is 0 Å². The lowest BCUT2D eigenvalue weighted by atomic mass is 10.2. The van der Waals surface area contributed by atoms with Crippen LogP contribution in [0.5, 0.6) is 5.75 Å². The van der Waals surface area contributed by atoms with Gasteiger partial charge in [0.25, 0.3) is 0 Å². The van der Waals surface area contributed by atoms with Crippen molar-refractivity contribution in [3.05, 3.63) is 22.7 Å². The standard InChI is InChI=1S/C13H21ClN2O4S/c1-4-20-6-5-16(2)21(17,18)12-8-11(14)7-10(9-15)13(12)19-3/h7-8H,4-6,9,15H2,1-3H3. The number of hydrogen-bond donors (Lipinski definition) is 1. The Bertz CT molecular complexity index is 578. The van der Waals surface area contributed by atoms with E-state index in [-0.39, 0.29) is 23.7 Å². The number of hydrogen-bond acceptors (Lipinski definition) is 5. The predicted molar refractivity (Wildman–Crippen MR) is 82.2 cm³/mol. The van der Waals surface area contributed by atoms with Gasteiger partial charge in [0.05, 0.1) is 13.7 Å². The first-order chi connectivity index (χ1) is 9.88. The normalized spacial score (nSPS) is 11.9. The number of methoxy groups -OCH3 is 1. The van der Waals surface area contributed by atoms with Gasteiger partial charge in [-0.15, -0.1) is 0 Å². The molecule has 1 aromatic carbocycles. The summed E-state index contributed by atoms with van der Waals surface area (Å²) in [5, 5.41) is 0.299. The Balaban J connectivity index is 3.21. The van der Waals surface area contributed by atoms with Crippen molar-refractivity contribution in [1.82, 2.24) is 4.31 Å². The zero-order chi connectivity index (χ0) is 16.0. The molecule has 0 aliphatic rings.